The molecule has 0 spiro atoms. The molecule has 4 rings (SSSR count). The second-order valence-corrected chi connectivity index (χ2v) is 6.99. The number of carbonyl (C=O) groups is 1. The minimum atomic E-state index is -1.26. The van der Waals surface area contributed by atoms with Gasteiger partial charge in [-0.3, -0.25) is 0 Å². The van der Waals surface area contributed by atoms with Gasteiger partial charge in [0.05, 0.1) is 28.9 Å². The minimum absolute atomic E-state index is 0.0480. The van der Waals surface area contributed by atoms with Crippen LogP contribution in [0.1, 0.15) is 16.1 Å². The number of imidazole rings is 1. The highest BCUT2D eigenvalue weighted by Gasteiger charge is 2.18. The van der Waals surface area contributed by atoms with Gasteiger partial charge in [0.2, 0.25) is 0 Å². The Balaban J connectivity index is 1.75. The normalized spacial score (nSPS) is 11.0. The van der Waals surface area contributed by atoms with Crippen LogP contribution in [0.25, 0.3) is 16.9 Å². The summed E-state index contributed by atoms with van der Waals surface area (Å²) in [6.07, 6.45) is 0. The lowest BCUT2D eigenvalue weighted by atomic mass is 10.2. The molecule has 0 aliphatic heterocycles. The third kappa shape index (κ3) is 3.76. The molecule has 0 unspecified atom stereocenters. The molecule has 4 aromatic rings. The molecule has 0 atom stereocenters. The third-order valence-electron chi connectivity index (χ3n) is 4.67. The van der Waals surface area contributed by atoms with Gasteiger partial charge < -0.3 is 19.6 Å². The van der Waals surface area contributed by atoms with Crippen molar-refractivity contribution in [3.63, 3.8) is 0 Å². The van der Waals surface area contributed by atoms with Crippen molar-refractivity contribution < 1.29 is 28.2 Å². The first-order valence-corrected chi connectivity index (χ1v) is 9.46. The van der Waals surface area contributed by atoms with Crippen molar-refractivity contribution in [1.82, 2.24) is 14.5 Å². The van der Waals surface area contributed by atoms with E-state index >= 15 is 0 Å². The number of nitrogens with zero attached hydrogens (tertiary/aromatic N) is 2. The van der Waals surface area contributed by atoms with Crippen LogP contribution in [0.4, 0.5) is 8.78 Å². The van der Waals surface area contributed by atoms with E-state index in [1.54, 1.807) is 0 Å². The summed E-state index contributed by atoms with van der Waals surface area (Å²) in [5.74, 6) is -3.12. The number of fused-ring (bicyclic) bond motifs is 1. The Morgan fingerprint density at radius 2 is 2.00 bits per heavy atom. The lowest BCUT2D eigenvalue weighted by molar-refractivity contribution is 0.0691. The van der Waals surface area contributed by atoms with Gasteiger partial charge in [0, 0.05) is 6.07 Å². The Labute approximate surface area is 183 Å². The van der Waals surface area contributed by atoms with Crippen LogP contribution < -0.4 is 15.2 Å². The summed E-state index contributed by atoms with van der Waals surface area (Å²) in [7, 11) is 1.32. The summed E-state index contributed by atoms with van der Waals surface area (Å²) in [6, 6.07) is 9.21. The summed E-state index contributed by atoms with van der Waals surface area (Å²) in [4.78, 5) is 30.4. The Kier molecular flexibility index (Phi) is 5.54. The van der Waals surface area contributed by atoms with Gasteiger partial charge in [-0.2, -0.15) is 0 Å². The summed E-state index contributed by atoms with van der Waals surface area (Å²) >= 11 is 6.27. The van der Waals surface area contributed by atoms with Gasteiger partial charge in [-0.25, -0.2) is 27.9 Å². The molecule has 2 heterocycles. The van der Waals surface area contributed by atoms with Crippen LogP contribution in [0.5, 0.6) is 11.5 Å². The number of aromatic nitrogens is 3. The molecule has 8 nitrogen and oxygen atoms in total. The fraction of sp³-hybridized carbons (Fsp3) is 0.0952. The van der Waals surface area contributed by atoms with Crippen LogP contribution in [-0.2, 0) is 6.61 Å². The Morgan fingerprint density at radius 3 is 2.72 bits per heavy atom. The van der Waals surface area contributed by atoms with E-state index < -0.39 is 23.3 Å². The van der Waals surface area contributed by atoms with Crippen molar-refractivity contribution in [2.45, 2.75) is 6.61 Å². The molecule has 11 heteroatoms. The third-order valence-corrected chi connectivity index (χ3v) is 4.99. The Morgan fingerprint density at radius 1 is 1.22 bits per heavy atom. The molecule has 0 fully saturated rings. The first-order chi connectivity index (χ1) is 15.3. The van der Waals surface area contributed by atoms with Gasteiger partial charge in [-0.1, -0.05) is 11.6 Å². The number of hydrogen-bond donors (Lipinski definition) is 2. The van der Waals surface area contributed by atoms with Crippen molar-refractivity contribution in [2.75, 3.05) is 7.11 Å². The summed E-state index contributed by atoms with van der Waals surface area (Å²) in [5, 5.41) is 9.35. The van der Waals surface area contributed by atoms with Crippen LogP contribution in [0.3, 0.4) is 0 Å². The highest BCUT2D eigenvalue weighted by atomic mass is 35.5. The largest absolute Gasteiger partial charge is 0.496 e. The van der Waals surface area contributed by atoms with Gasteiger partial charge in [0.1, 0.15) is 18.1 Å². The zero-order valence-corrected chi connectivity index (χ0v) is 17.1. The maximum Gasteiger partial charge on any atom is 0.354 e. The van der Waals surface area contributed by atoms with E-state index in [2.05, 4.69) is 9.97 Å². The monoisotopic (exact) mass is 461 g/mol. The van der Waals surface area contributed by atoms with Crippen molar-refractivity contribution in [3.05, 3.63) is 80.9 Å². The van der Waals surface area contributed by atoms with E-state index in [1.165, 1.54) is 43.5 Å². The number of ether oxygens (including phenoxy) is 2. The predicted octanol–water partition coefficient (Wildman–Crippen LogP) is 3.93. The fourth-order valence-electron chi connectivity index (χ4n) is 3.14. The molecule has 164 valence electrons. The van der Waals surface area contributed by atoms with Crippen LogP contribution in [0.15, 0.2) is 47.3 Å². The minimum Gasteiger partial charge on any atom is -0.496 e. The molecule has 0 bridgehead atoms. The van der Waals surface area contributed by atoms with Gasteiger partial charge in [0.15, 0.2) is 23.0 Å². The van der Waals surface area contributed by atoms with Crippen molar-refractivity contribution in [1.29, 1.82) is 0 Å². The molecule has 0 saturated carbocycles. The number of rotatable bonds is 6. The van der Waals surface area contributed by atoms with E-state index in [-0.39, 0.29) is 45.7 Å². The molecule has 0 radical (unpaired) electrons. The molecule has 2 aromatic heterocycles. The number of pyridine rings is 1. The molecule has 0 aliphatic carbocycles. The van der Waals surface area contributed by atoms with Crippen molar-refractivity contribution in [2.24, 2.45) is 0 Å². The highest BCUT2D eigenvalue weighted by molar-refractivity contribution is 6.32. The lowest BCUT2D eigenvalue weighted by Crippen LogP contribution is -2.16. The zero-order chi connectivity index (χ0) is 23.0. The fourth-order valence-corrected chi connectivity index (χ4v) is 3.34. The SMILES string of the molecule is COc1ccc(F)c(F)c1COc1ccc(Cl)c(-n2c(=O)[nH]c3ccc(C(=O)O)nc32)c1. The number of benzene rings is 2. The zero-order valence-electron chi connectivity index (χ0n) is 16.4. The number of methoxy groups -OCH3 is 1. The van der Waals surface area contributed by atoms with Gasteiger partial charge in [-0.05, 0) is 36.4 Å². The van der Waals surface area contributed by atoms with Crippen LogP contribution in [0.2, 0.25) is 5.02 Å². The second kappa shape index (κ2) is 8.31. The van der Waals surface area contributed by atoms with Crippen LogP contribution in [0, 0.1) is 11.6 Å². The number of H-pyrrole nitrogens is 1. The number of carboxylic acids is 1. The molecule has 32 heavy (non-hydrogen) atoms. The average molecular weight is 462 g/mol. The van der Waals surface area contributed by atoms with Crippen LogP contribution >= 0.6 is 11.6 Å². The van der Waals surface area contributed by atoms with Crippen LogP contribution in [-0.4, -0.2) is 32.7 Å². The lowest BCUT2D eigenvalue weighted by Gasteiger charge is -2.13. The van der Waals surface area contributed by atoms with Gasteiger partial charge in [0.25, 0.3) is 0 Å². The number of aromatic carboxylic acids is 1. The molecule has 0 saturated heterocycles. The smallest absolute Gasteiger partial charge is 0.354 e. The molecule has 0 aliphatic rings. The first kappa shape index (κ1) is 21.3. The standard InChI is InChI=1S/C21H14ClF2N3O5/c1-31-17-7-4-13(23)18(24)11(17)9-32-10-2-3-12(22)16(8-10)27-19-14(26-21(27)30)5-6-15(25-19)20(28)29/h2-8H,9H2,1H3,(H,26,30)(H,28,29). The van der Waals surface area contributed by atoms with Crippen molar-refractivity contribution >= 4 is 28.7 Å². The predicted molar refractivity (Wildman–Crippen MR) is 111 cm³/mol. The summed E-state index contributed by atoms with van der Waals surface area (Å²) < 4.78 is 39.5. The van der Waals surface area contributed by atoms with Crippen molar-refractivity contribution in [3.8, 4) is 17.2 Å². The summed E-state index contributed by atoms with van der Waals surface area (Å²) in [6.45, 7) is -0.363. The Bertz CT molecular complexity index is 1420. The average Bonchev–Trinajstić information content (AvgIpc) is 3.10. The molecular weight excluding hydrogens is 448 g/mol. The maximum atomic E-state index is 14.2. The maximum absolute atomic E-state index is 14.2. The molecule has 2 N–H and O–H groups in total. The van der Waals surface area contributed by atoms with Gasteiger partial charge >= 0.3 is 11.7 Å². The second-order valence-electron chi connectivity index (χ2n) is 6.58. The molecule has 0 amide bonds. The van der Waals surface area contributed by atoms with Gasteiger partial charge in [-0.15, -0.1) is 0 Å². The quantitative estimate of drug-likeness (QED) is 0.450. The molecular formula is C21H14ClF2N3O5. The topological polar surface area (TPSA) is 106 Å². The van der Waals surface area contributed by atoms with E-state index in [0.29, 0.717) is 5.52 Å². The first-order valence-electron chi connectivity index (χ1n) is 9.08. The van der Waals surface area contributed by atoms with E-state index in [4.69, 9.17) is 21.1 Å². The van der Waals surface area contributed by atoms with E-state index in [0.717, 1.165) is 10.6 Å². The number of carboxylic acid groups (broad SMARTS) is 1. The molecule has 2 aromatic carbocycles. The number of halogens is 3. The number of aromatic amines is 1. The highest BCUT2D eigenvalue weighted by Crippen LogP contribution is 2.29. The van der Waals surface area contributed by atoms with E-state index in [1.807, 2.05) is 0 Å². The Hall–Kier alpha value is -3.92. The summed E-state index contributed by atoms with van der Waals surface area (Å²) in [5.41, 5.74) is -0.488. The number of hydrogen-bond acceptors (Lipinski definition) is 5. The number of nitrogens with one attached hydrogen (secondary N) is 1. The van der Waals surface area contributed by atoms with E-state index in [9.17, 15) is 23.5 Å².